The van der Waals surface area contributed by atoms with Gasteiger partial charge < -0.3 is 16.0 Å². The summed E-state index contributed by atoms with van der Waals surface area (Å²) in [5.74, 6) is 1.14. The van der Waals surface area contributed by atoms with Crippen LogP contribution in [0.1, 0.15) is 49.5 Å². The van der Waals surface area contributed by atoms with Crippen molar-refractivity contribution in [2.45, 2.75) is 46.6 Å². The Morgan fingerprint density at radius 2 is 1.89 bits per heavy atom. The van der Waals surface area contributed by atoms with Crippen LogP contribution in [0.25, 0.3) is 0 Å². The average Bonchev–Trinajstić information content (AvgIpc) is 2.64. The van der Waals surface area contributed by atoms with Gasteiger partial charge in [-0.1, -0.05) is 20.8 Å². The lowest BCUT2D eigenvalue weighted by Crippen LogP contribution is -2.50. The number of rotatable bonds is 6. The van der Waals surface area contributed by atoms with Crippen LogP contribution in [0, 0.1) is 18.8 Å². The first-order chi connectivity index (χ1) is 12.8. The van der Waals surface area contributed by atoms with Gasteiger partial charge in [0.1, 0.15) is 0 Å². The van der Waals surface area contributed by atoms with Crippen molar-refractivity contribution < 1.29 is 9.59 Å². The Balaban J connectivity index is 1.91. The second-order valence-electron chi connectivity index (χ2n) is 7.97. The van der Waals surface area contributed by atoms with Crippen molar-refractivity contribution in [3.05, 3.63) is 29.3 Å². The lowest BCUT2D eigenvalue weighted by Gasteiger charge is -2.38. The maximum absolute atomic E-state index is 12.4. The van der Waals surface area contributed by atoms with Gasteiger partial charge in [0, 0.05) is 30.9 Å². The van der Waals surface area contributed by atoms with Crippen molar-refractivity contribution in [1.29, 1.82) is 0 Å². The first-order valence-electron chi connectivity index (χ1n) is 9.93. The van der Waals surface area contributed by atoms with E-state index in [1.54, 1.807) is 25.2 Å². The molecule has 1 aromatic carbocycles. The molecule has 1 unspecified atom stereocenters. The molecule has 1 saturated heterocycles. The number of carbonyl (C=O) groups excluding carboxylic acids is 2. The van der Waals surface area contributed by atoms with E-state index in [-0.39, 0.29) is 11.9 Å². The summed E-state index contributed by atoms with van der Waals surface area (Å²) in [5.41, 5.74) is 2.16. The zero-order chi connectivity index (χ0) is 20.0. The predicted octanol–water partition coefficient (Wildman–Crippen LogP) is 3.23. The van der Waals surface area contributed by atoms with E-state index >= 15 is 0 Å². The number of amides is 3. The van der Waals surface area contributed by atoms with Crippen LogP contribution in [0.5, 0.6) is 0 Å². The fourth-order valence-electron chi connectivity index (χ4n) is 3.60. The van der Waals surface area contributed by atoms with Gasteiger partial charge >= 0.3 is 6.03 Å². The lowest BCUT2D eigenvalue weighted by molar-refractivity contribution is 0.0963. The molecule has 3 amide bonds. The van der Waals surface area contributed by atoms with Crippen LogP contribution in [-0.2, 0) is 0 Å². The van der Waals surface area contributed by atoms with Gasteiger partial charge in [-0.25, -0.2) is 4.79 Å². The number of hydrogen-bond donors (Lipinski definition) is 3. The smallest absolute Gasteiger partial charge is 0.319 e. The van der Waals surface area contributed by atoms with Gasteiger partial charge in [-0.15, -0.1) is 0 Å². The minimum absolute atomic E-state index is 0.135. The fraction of sp³-hybridized carbons (Fsp3) is 0.619. The molecule has 1 fully saturated rings. The average molecular weight is 375 g/mol. The summed E-state index contributed by atoms with van der Waals surface area (Å²) in [6, 6.07) is 5.40. The third-order valence-corrected chi connectivity index (χ3v) is 5.49. The zero-order valence-corrected chi connectivity index (χ0v) is 17.3. The van der Waals surface area contributed by atoms with Crippen LogP contribution < -0.4 is 16.0 Å². The van der Waals surface area contributed by atoms with Gasteiger partial charge in [-0.2, -0.15) is 0 Å². The number of nitrogens with zero attached hydrogens (tertiary/aromatic N) is 1. The van der Waals surface area contributed by atoms with Gasteiger partial charge in [0.05, 0.1) is 0 Å². The van der Waals surface area contributed by atoms with Gasteiger partial charge in [-0.05, 0) is 68.5 Å². The standard InChI is InChI=1S/C21H34N4O2/c1-14(2)19(25-10-8-15(3)9-11-25)13-23-21(27)24-18-7-6-17(12-16(18)4)20(26)22-5/h6-7,12,14-15,19H,8-11,13H2,1-5H3,(H,22,26)(H2,23,24,27). The first kappa shape index (κ1) is 21.2. The van der Waals surface area contributed by atoms with E-state index in [9.17, 15) is 9.59 Å². The SMILES string of the molecule is CNC(=O)c1ccc(NC(=O)NCC(C(C)C)N2CCC(C)CC2)c(C)c1. The highest BCUT2D eigenvalue weighted by atomic mass is 16.2. The molecule has 0 aliphatic carbocycles. The summed E-state index contributed by atoms with van der Waals surface area (Å²) in [7, 11) is 1.60. The molecule has 1 aliphatic rings. The molecule has 27 heavy (non-hydrogen) atoms. The molecule has 1 atom stereocenters. The lowest BCUT2D eigenvalue weighted by atomic mass is 9.94. The fourth-order valence-corrected chi connectivity index (χ4v) is 3.60. The van der Waals surface area contributed by atoms with E-state index in [0.29, 0.717) is 29.8 Å². The molecule has 0 radical (unpaired) electrons. The maximum atomic E-state index is 12.4. The number of likely N-dealkylation sites (tertiary alicyclic amines) is 1. The van der Waals surface area contributed by atoms with Gasteiger partial charge in [0.2, 0.25) is 0 Å². The summed E-state index contributed by atoms with van der Waals surface area (Å²) >= 11 is 0. The molecule has 1 aromatic rings. The Bertz CT molecular complexity index is 652. The molecule has 3 N–H and O–H groups in total. The summed E-state index contributed by atoms with van der Waals surface area (Å²) in [6.07, 6.45) is 2.46. The van der Waals surface area contributed by atoms with Gasteiger partial charge in [0.15, 0.2) is 0 Å². The Morgan fingerprint density at radius 3 is 2.44 bits per heavy atom. The molecule has 6 nitrogen and oxygen atoms in total. The van der Waals surface area contributed by atoms with Crippen LogP contribution in [0.3, 0.4) is 0 Å². The Morgan fingerprint density at radius 1 is 1.22 bits per heavy atom. The molecule has 2 rings (SSSR count). The van der Waals surface area contributed by atoms with Crippen LogP contribution >= 0.6 is 0 Å². The van der Waals surface area contributed by atoms with Crippen molar-refractivity contribution in [3.63, 3.8) is 0 Å². The molecular weight excluding hydrogens is 340 g/mol. The molecule has 0 aromatic heterocycles. The quantitative estimate of drug-likeness (QED) is 0.716. The monoisotopic (exact) mass is 374 g/mol. The van der Waals surface area contributed by atoms with E-state index in [1.807, 2.05) is 6.92 Å². The molecule has 1 aliphatic heterocycles. The van der Waals surface area contributed by atoms with Crippen molar-refractivity contribution in [2.24, 2.45) is 11.8 Å². The van der Waals surface area contributed by atoms with Crippen LogP contribution in [0.15, 0.2) is 18.2 Å². The summed E-state index contributed by atoms with van der Waals surface area (Å²) in [6.45, 7) is 11.5. The number of hydrogen-bond acceptors (Lipinski definition) is 3. The van der Waals surface area contributed by atoms with Crippen LogP contribution in [0.2, 0.25) is 0 Å². The second-order valence-corrected chi connectivity index (χ2v) is 7.97. The van der Waals surface area contributed by atoms with Gasteiger partial charge in [0.25, 0.3) is 5.91 Å². The number of nitrogens with one attached hydrogen (secondary N) is 3. The van der Waals surface area contributed by atoms with Crippen molar-refractivity contribution in [3.8, 4) is 0 Å². The minimum atomic E-state index is -0.207. The predicted molar refractivity (Wildman–Crippen MR) is 110 cm³/mol. The maximum Gasteiger partial charge on any atom is 0.319 e. The molecular formula is C21H34N4O2. The number of carbonyl (C=O) groups is 2. The minimum Gasteiger partial charge on any atom is -0.355 e. The number of urea groups is 1. The molecule has 0 spiro atoms. The van der Waals surface area contributed by atoms with Crippen molar-refractivity contribution in [1.82, 2.24) is 15.5 Å². The highest BCUT2D eigenvalue weighted by Gasteiger charge is 2.26. The summed E-state index contributed by atoms with van der Waals surface area (Å²) in [5, 5.41) is 8.53. The van der Waals surface area contributed by atoms with Crippen LogP contribution in [-0.4, -0.2) is 49.6 Å². The molecule has 150 valence electrons. The molecule has 1 heterocycles. The Hall–Kier alpha value is -2.08. The number of anilines is 1. The number of piperidine rings is 1. The van der Waals surface area contributed by atoms with Gasteiger partial charge in [-0.3, -0.25) is 9.69 Å². The second kappa shape index (κ2) is 9.74. The normalized spacial score (nSPS) is 16.8. The van der Waals surface area contributed by atoms with E-state index in [1.165, 1.54) is 12.8 Å². The first-order valence-corrected chi connectivity index (χ1v) is 9.93. The summed E-state index contributed by atoms with van der Waals surface area (Å²) < 4.78 is 0. The van der Waals surface area contributed by atoms with Crippen molar-refractivity contribution in [2.75, 3.05) is 32.0 Å². The van der Waals surface area contributed by atoms with E-state index < -0.39 is 0 Å². The number of aryl methyl sites for hydroxylation is 1. The van der Waals surface area contributed by atoms with Crippen LogP contribution in [0.4, 0.5) is 10.5 Å². The largest absolute Gasteiger partial charge is 0.355 e. The topological polar surface area (TPSA) is 73.5 Å². The molecule has 6 heteroatoms. The zero-order valence-electron chi connectivity index (χ0n) is 17.3. The third-order valence-electron chi connectivity index (χ3n) is 5.49. The summed E-state index contributed by atoms with van der Waals surface area (Å²) in [4.78, 5) is 26.6. The highest BCUT2D eigenvalue weighted by molar-refractivity contribution is 5.96. The number of benzene rings is 1. The highest BCUT2D eigenvalue weighted by Crippen LogP contribution is 2.21. The van der Waals surface area contributed by atoms with E-state index in [2.05, 4.69) is 41.6 Å². The molecule has 0 saturated carbocycles. The van der Waals surface area contributed by atoms with Crippen molar-refractivity contribution >= 4 is 17.6 Å². The Labute approximate surface area is 163 Å². The molecule has 0 bridgehead atoms. The van der Waals surface area contributed by atoms with E-state index in [0.717, 1.165) is 24.6 Å². The Kier molecular flexibility index (Phi) is 7.66. The third kappa shape index (κ3) is 5.96. The van der Waals surface area contributed by atoms with E-state index in [4.69, 9.17) is 0 Å².